The normalized spacial score (nSPS) is 10.7. The molecule has 2 aromatic carbocycles. The van der Waals surface area contributed by atoms with E-state index in [0.717, 1.165) is 6.07 Å². The molecule has 0 saturated carbocycles. The summed E-state index contributed by atoms with van der Waals surface area (Å²) in [5.41, 5.74) is 0.263. The van der Waals surface area contributed by atoms with Crippen molar-refractivity contribution >= 4 is 21.8 Å². The van der Waals surface area contributed by atoms with Crippen LogP contribution in [0.15, 0.2) is 53.4 Å². The molecule has 5 N–H and O–H groups in total. The first kappa shape index (κ1) is 24.3. The molecule has 0 radical (unpaired) electrons. The maximum absolute atomic E-state index is 12.2. The van der Waals surface area contributed by atoms with Gasteiger partial charge in [-0.25, -0.2) is 17.9 Å². The third-order valence-electron chi connectivity index (χ3n) is 3.78. The number of nitrogens with one attached hydrogen (secondary N) is 1. The van der Waals surface area contributed by atoms with Gasteiger partial charge in [-0.1, -0.05) is 24.3 Å². The van der Waals surface area contributed by atoms with Crippen molar-refractivity contribution in [3.63, 3.8) is 0 Å². The summed E-state index contributed by atoms with van der Waals surface area (Å²) in [6, 6.07) is 11.1. The number of aromatic hydroxyl groups is 1. The van der Waals surface area contributed by atoms with Gasteiger partial charge in [0.2, 0.25) is 10.0 Å². The highest BCUT2D eigenvalue weighted by atomic mass is 32.2. The zero-order valence-corrected chi connectivity index (χ0v) is 17.3. The van der Waals surface area contributed by atoms with Crippen molar-refractivity contribution in [2.75, 3.05) is 19.6 Å². The zero-order chi connectivity index (χ0) is 21.9. The molecule has 158 valence electrons. The summed E-state index contributed by atoms with van der Waals surface area (Å²) in [4.78, 5) is 22.6. The minimum atomic E-state index is -4.12. The molecule has 0 aliphatic heterocycles. The molecule has 9 heteroatoms. The first-order valence-electron chi connectivity index (χ1n) is 9.14. The summed E-state index contributed by atoms with van der Waals surface area (Å²) in [5, 5.41) is 20.5. The Morgan fingerprint density at radius 2 is 1.59 bits per heavy atom. The summed E-state index contributed by atoms with van der Waals surface area (Å²) in [5.74, 6) is -1.69. The molecule has 0 heterocycles. The summed E-state index contributed by atoms with van der Waals surface area (Å²) < 4.78 is 26.5. The lowest BCUT2D eigenvalue weighted by Crippen LogP contribution is -2.82. The number of phenols is 1. The number of Topliss-reactive ketones (excluding diaryl/α,β-unsaturated/α-hetero) is 1. The summed E-state index contributed by atoms with van der Waals surface area (Å²) >= 11 is 0. The van der Waals surface area contributed by atoms with Gasteiger partial charge in [0, 0.05) is 6.42 Å². The number of aromatic carboxylic acids is 1. The predicted octanol–water partition coefficient (Wildman–Crippen LogP) is 0.770. The fourth-order valence-electron chi connectivity index (χ4n) is 2.32. The predicted molar refractivity (Wildman–Crippen MR) is 108 cm³/mol. The largest absolute Gasteiger partial charge is 0.508 e. The molecule has 2 aromatic rings. The van der Waals surface area contributed by atoms with E-state index in [0.29, 0.717) is 5.56 Å². The number of quaternary nitrogens is 1. The van der Waals surface area contributed by atoms with Gasteiger partial charge in [0.05, 0.1) is 30.1 Å². The van der Waals surface area contributed by atoms with Gasteiger partial charge in [0.1, 0.15) is 5.75 Å². The Labute approximate surface area is 170 Å². The van der Waals surface area contributed by atoms with Gasteiger partial charge < -0.3 is 15.5 Å². The molecule has 0 aliphatic rings. The van der Waals surface area contributed by atoms with Crippen LogP contribution in [0.1, 0.15) is 29.8 Å². The molecule has 8 nitrogen and oxygen atoms in total. The molecule has 0 bridgehead atoms. The summed E-state index contributed by atoms with van der Waals surface area (Å²) in [7, 11) is -4.12. The maximum Gasteiger partial charge on any atom is 0.337 e. The maximum atomic E-state index is 12.2. The zero-order valence-electron chi connectivity index (χ0n) is 16.5. The monoisotopic (exact) mass is 423 g/mol. The van der Waals surface area contributed by atoms with Crippen LogP contribution in [0, 0.1) is 0 Å². The smallest absolute Gasteiger partial charge is 0.337 e. The Morgan fingerprint density at radius 3 is 2.10 bits per heavy atom. The van der Waals surface area contributed by atoms with Crippen molar-refractivity contribution in [2.24, 2.45) is 0 Å². The Kier molecular flexibility index (Phi) is 10.0. The number of phenolic OH excluding ortho intramolecular Hbond substituents is 1. The number of nitrogens with two attached hydrogens (primary N) is 1. The fraction of sp³-hybridized carbons (Fsp3) is 0.300. The summed E-state index contributed by atoms with van der Waals surface area (Å²) in [6.45, 7) is 6.29. The molecule has 0 fully saturated rings. The topological polar surface area (TPSA) is 137 Å². The van der Waals surface area contributed by atoms with Gasteiger partial charge in [-0.05, 0) is 43.7 Å². The lowest BCUT2D eigenvalue weighted by Gasteiger charge is -2.09. The van der Waals surface area contributed by atoms with E-state index in [-0.39, 0.29) is 17.7 Å². The Morgan fingerprint density at radius 1 is 1.00 bits per heavy atom. The number of carboxylic acids is 1. The van der Waals surface area contributed by atoms with E-state index in [2.05, 4.69) is 23.9 Å². The standard InChI is InChI=1S/C16H15NO6S.C4H11N/c18-12-7-5-11(6-8-12)9-13(19)10-17-24(22,23)15-4-2-1-3-14(15)16(20)21;1-3-5-4-2/h1-8,17-18H,9-10H2,(H,20,21);5H,3-4H2,1-2H3/p+1. The van der Waals surface area contributed by atoms with E-state index in [4.69, 9.17) is 5.11 Å². The Balaban J connectivity index is 0.000000749. The van der Waals surface area contributed by atoms with Crippen molar-refractivity contribution in [2.45, 2.75) is 25.2 Å². The highest BCUT2D eigenvalue weighted by Crippen LogP contribution is 2.15. The first-order valence-corrected chi connectivity index (χ1v) is 10.6. The lowest BCUT2D eigenvalue weighted by atomic mass is 10.1. The van der Waals surface area contributed by atoms with Gasteiger partial charge in [0.15, 0.2) is 5.78 Å². The first-order chi connectivity index (χ1) is 13.7. The quantitative estimate of drug-likeness (QED) is 0.470. The SMILES string of the molecule is CC[NH2+]CC.O=C(CNS(=O)(=O)c1ccccc1C(=O)O)Cc1ccc(O)cc1. The Hall–Kier alpha value is -2.75. The minimum Gasteiger partial charge on any atom is -0.508 e. The molecule has 29 heavy (non-hydrogen) atoms. The third-order valence-corrected chi connectivity index (χ3v) is 5.24. The number of carboxylic acid groups (broad SMARTS) is 1. The number of hydrogen-bond acceptors (Lipinski definition) is 5. The van der Waals surface area contributed by atoms with Crippen LogP contribution < -0.4 is 10.0 Å². The molecule has 0 aliphatic carbocycles. The van der Waals surface area contributed by atoms with Crippen LogP contribution in [0.25, 0.3) is 0 Å². The number of benzene rings is 2. The molecule has 2 rings (SSSR count). The number of carbonyl (C=O) groups excluding carboxylic acids is 1. The van der Waals surface area contributed by atoms with E-state index in [1.165, 1.54) is 43.4 Å². The van der Waals surface area contributed by atoms with Crippen LogP contribution in [0.5, 0.6) is 5.75 Å². The van der Waals surface area contributed by atoms with E-state index in [1.54, 1.807) is 12.1 Å². The van der Waals surface area contributed by atoms with Crippen molar-refractivity contribution in [1.29, 1.82) is 0 Å². The lowest BCUT2D eigenvalue weighted by molar-refractivity contribution is -0.648. The molecule has 0 saturated heterocycles. The molecule has 0 amide bonds. The molecular formula is C20H27N2O6S+. The number of hydrogen-bond donors (Lipinski definition) is 4. The van der Waals surface area contributed by atoms with Gasteiger partial charge in [-0.2, -0.15) is 0 Å². The summed E-state index contributed by atoms with van der Waals surface area (Å²) in [6.07, 6.45) is -0.0105. The number of rotatable bonds is 9. The Bertz CT molecular complexity index is 909. The van der Waals surface area contributed by atoms with E-state index in [9.17, 15) is 23.1 Å². The molecular weight excluding hydrogens is 396 g/mol. The highest BCUT2D eigenvalue weighted by molar-refractivity contribution is 7.89. The minimum absolute atomic E-state index is 0.0105. The van der Waals surface area contributed by atoms with Gasteiger partial charge in [-0.15, -0.1) is 0 Å². The van der Waals surface area contributed by atoms with Crippen LogP contribution in [-0.2, 0) is 21.2 Å². The second kappa shape index (κ2) is 11.9. The molecule has 0 atom stereocenters. The van der Waals surface area contributed by atoms with Crippen LogP contribution in [0.2, 0.25) is 0 Å². The second-order valence-electron chi connectivity index (χ2n) is 6.11. The van der Waals surface area contributed by atoms with Crippen molar-refractivity contribution in [1.82, 2.24) is 4.72 Å². The van der Waals surface area contributed by atoms with Crippen molar-refractivity contribution in [3.8, 4) is 5.75 Å². The number of ketones is 1. The highest BCUT2D eigenvalue weighted by Gasteiger charge is 2.22. The van der Waals surface area contributed by atoms with E-state index in [1.807, 2.05) is 0 Å². The van der Waals surface area contributed by atoms with Crippen LogP contribution in [0.3, 0.4) is 0 Å². The second-order valence-corrected chi connectivity index (χ2v) is 7.85. The van der Waals surface area contributed by atoms with Gasteiger partial charge in [-0.3, -0.25) is 4.79 Å². The van der Waals surface area contributed by atoms with Crippen LogP contribution in [-0.4, -0.2) is 50.0 Å². The van der Waals surface area contributed by atoms with E-state index >= 15 is 0 Å². The number of sulfonamides is 1. The molecule has 0 spiro atoms. The van der Waals surface area contributed by atoms with Crippen molar-refractivity contribution < 1.29 is 33.5 Å². The van der Waals surface area contributed by atoms with E-state index < -0.39 is 33.2 Å². The number of carbonyl (C=O) groups is 2. The molecule has 0 aromatic heterocycles. The van der Waals surface area contributed by atoms with Crippen molar-refractivity contribution in [3.05, 3.63) is 59.7 Å². The average Bonchev–Trinajstić information content (AvgIpc) is 2.69. The van der Waals surface area contributed by atoms with Crippen LogP contribution in [0.4, 0.5) is 0 Å². The van der Waals surface area contributed by atoms with Crippen LogP contribution >= 0.6 is 0 Å². The van der Waals surface area contributed by atoms with Gasteiger partial charge in [0.25, 0.3) is 0 Å². The van der Waals surface area contributed by atoms with Gasteiger partial charge >= 0.3 is 5.97 Å². The fourth-order valence-corrected chi connectivity index (χ4v) is 3.53. The molecule has 0 unspecified atom stereocenters. The average molecular weight is 424 g/mol. The third kappa shape index (κ3) is 8.43.